The maximum absolute atomic E-state index is 15.1. The Bertz CT molecular complexity index is 1800. The smallest absolute Gasteiger partial charge is 0.340 e. The van der Waals surface area contributed by atoms with Crippen LogP contribution in [0.4, 0.5) is 28.0 Å². The molecule has 4 amide bonds. The van der Waals surface area contributed by atoms with Gasteiger partial charge in [0.05, 0.1) is 17.0 Å². The number of halogens is 5. The zero-order valence-corrected chi connectivity index (χ0v) is 31.0. The number of carbonyl (C=O) groups excluding carboxylic acids is 3. The van der Waals surface area contributed by atoms with E-state index in [1.54, 1.807) is 30.7 Å². The summed E-state index contributed by atoms with van der Waals surface area (Å²) in [6.07, 6.45) is -3.14. The van der Waals surface area contributed by atoms with E-state index < -0.39 is 34.8 Å². The number of hydrogen-bond donors (Lipinski definition) is 1. The van der Waals surface area contributed by atoms with Gasteiger partial charge in [-0.1, -0.05) is 52.3 Å². The third kappa shape index (κ3) is 7.12. The second-order valence-electron chi connectivity index (χ2n) is 15.3. The highest BCUT2D eigenvalue weighted by molar-refractivity contribution is 9.10. The van der Waals surface area contributed by atoms with Crippen LogP contribution in [0, 0.1) is 0 Å². The maximum atomic E-state index is 15.1. The minimum atomic E-state index is -4.73. The van der Waals surface area contributed by atoms with Crippen molar-refractivity contribution in [3.63, 3.8) is 0 Å². The molecule has 0 unspecified atom stereocenters. The summed E-state index contributed by atoms with van der Waals surface area (Å²) in [4.78, 5) is 46.3. The van der Waals surface area contributed by atoms with Gasteiger partial charge in [0.25, 0.3) is 0 Å². The molecule has 0 aromatic heterocycles. The Morgan fingerprint density at radius 1 is 0.863 bits per heavy atom. The summed E-state index contributed by atoms with van der Waals surface area (Å²) in [5, 5.41) is 2.97. The second kappa shape index (κ2) is 13.2. The van der Waals surface area contributed by atoms with Crippen molar-refractivity contribution >= 4 is 39.5 Å². The Labute approximate surface area is 304 Å². The summed E-state index contributed by atoms with van der Waals surface area (Å²) >= 11 is 3.56. The summed E-state index contributed by atoms with van der Waals surface area (Å²) < 4.78 is 57.9. The van der Waals surface area contributed by atoms with Gasteiger partial charge in [0.1, 0.15) is 5.67 Å². The van der Waals surface area contributed by atoms with Crippen LogP contribution in [0.2, 0.25) is 0 Å². The van der Waals surface area contributed by atoms with Gasteiger partial charge in [-0.3, -0.25) is 9.59 Å². The van der Waals surface area contributed by atoms with Crippen LogP contribution in [-0.2, 0) is 32.3 Å². The van der Waals surface area contributed by atoms with Crippen LogP contribution in [0.25, 0.3) is 0 Å². The number of hydrogen-bond acceptors (Lipinski definition) is 3. The van der Waals surface area contributed by atoms with Crippen LogP contribution in [0.1, 0.15) is 80.7 Å². The van der Waals surface area contributed by atoms with Gasteiger partial charge in [0, 0.05) is 61.1 Å². The van der Waals surface area contributed by atoms with Gasteiger partial charge in [-0.05, 0) is 93.1 Å². The Morgan fingerprint density at radius 3 is 2.12 bits per heavy atom. The largest absolute Gasteiger partial charge is 0.416 e. The fourth-order valence-electron chi connectivity index (χ4n) is 8.01. The number of carbonyl (C=O) groups is 3. The lowest BCUT2D eigenvalue weighted by atomic mass is 9.68. The van der Waals surface area contributed by atoms with Crippen LogP contribution < -0.4 is 5.32 Å². The van der Waals surface area contributed by atoms with E-state index in [-0.39, 0.29) is 40.9 Å². The van der Waals surface area contributed by atoms with E-state index in [0.717, 1.165) is 33.4 Å². The highest BCUT2D eigenvalue weighted by Crippen LogP contribution is 2.46. The molecule has 0 bridgehead atoms. The minimum absolute atomic E-state index is 0.0388. The molecule has 0 saturated carbocycles. The molecular weight excluding hydrogens is 728 g/mol. The van der Waals surface area contributed by atoms with Crippen LogP contribution in [0.15, 0.2) is 71.2 Å². The topological polar surface area (TPSA) is 73.0 Å². The molecule has 7 nitrogen and oxygen atoms in total. The van der Waals surface area contributed by atoms with E-state index in [9.17, 15) is 27.6 Å². The van der Waals surface area contributed by atoms with E-state index in [4.69, 9.17) is 0 Å². The molecule has 51 heavy (non-hydrogen) atoms. The molecule has 3 aromatic rings. The van der Waals surface area contributed by atoms with Gasteiger partial charge in [0.15, 0.2) is 0 Å². The van der Waals surface area contributed by atoms with Crippen molar-refractivity contribution in [3.8, 4) is 0 Å². The van der Waals surface area contributed by atoms with Crippen molar-refractivity contribution in [1.29, 1.82) is 0 Å². The number of likely N-dealkylation sites (tertiary alicyclic amines) is 2. The first-order valence-corrected chi connectivity index (χ1v) is 18.0. The summed E-state index contributed by atoms with van der Waals surface area (Å²) in [6, 6.07) is 17.9. The summed E-state index contributed by atoms with van der Waals surface area (Å²) in [7, 11) is 1.63. The van der Waals surface area contributed by atoms with Gasteiger partial charge in [-0.2, -0.15) is 13.2 Å². The van der Waals surface area contributed by atoms with Gasteiger partial charge >= 0.3 is 12.2 Å². The van der Waals surface area contributed by atoms with E-state index in [1.807, 2.05) is 47.4 Å². The lowest BCUT2D eigenvalue weighted by Crippen LogP contribution is -2.52. The number of urea groups is 1. The second-order valence-corrected chi connectivity index (χ2v) is 16.2. The van der Waals surface area contributed by atoms with Crippen molar-refractivity contribution in [1.82, 2.24) is 14.7 Å². The van der Waals surface area contributed by atoms with Crippen molar-refractivity contribution in [2.24, 2.45) is 0 Å². The Balaban J connectivity index is 1.24. The normalized spacial score (nSPS) is 20.6. The summed E-state index contributed by atoms with van der Waals surface area (Å²) in [5.41, 5.74) is -2.21. The molecule has 3 heterocycles. The lowest BCUT2D eigenvalue weighted by Gasteiger charge is -2.45. The molecule has 2 saturated heterocycles. The third-order valence-corrected chi connectivity index (χ3v) is 11.6. The molecule has 2 atom stereocenters. The SMILES string of the molecule is CN(C(=O)C(C)(C)c1cc(C(C)(C)F)cc(C(F)(F)F)c1)[C@@H]1CN(C(=O)N2CCC3(CC2)CC(=O)Nc2ccc(Br)cc23)C[C@H]1c1ccccc1. The first kappa shape index (κ1) is 36.8. The van der Waals surface area contributed by atoms with E-state index in [0.29, 0.717) is 38.9 Å². The molecule has 0 radical (unpaired) electrons. The molecule has 3 aromatic carbocycles. The number of fused-ring (bicyclic) bond motifs is 2. The molecule has 2 fully saturated rings. The predicted octanol–water partition coefficient (Wildman–Crippen LogP) is 8.37. The number of nitrogens with one attached hydrogen (secondary N) is 1. The number of alkyl halides is 4. The minimum Gasteiger partial charge on any atom is -0.340 e. The average molecular weight is 772 g/mol. The standard InChI is InChI=1S/C39H43BrF4N4O3/c1-36(2,25-17-26(37(3,4)41)19-27(18-25)39(42,43)44)34(50)46(5)32-23-48(22-29(32)24-9-7-6-8-10-24)35(51)47-15-13-38(14-16-47)21-33(49)45-31-12-11-28(40)20-30(31)38/h6-12,17-20,29,32H,13-16,21-23H2,1-5H3,(H,45,49)/t29-,32+/m0/s1. The molecule has 272 valence electrons. The molecule has 1 N–H and O–H groups in total. The number of amides is 4. The van der Waals surface area contributed by atoms with Crippen LogP contribution in [0.5, 0.6) is 0 Å². The van der Waals surface area contributed by atoms with Crippen molar-refractivity contribution < 1.29 is 31.9 Å². The van der Waals surface area contributed by atoms with Crippen molar-refractivity contribution in [2.75, 3.05) is 38.5 Å². The van der Waals surface area contributed by atoms with Crippen molar-refractivity contribution in [2.45, 2.75) is 81.6 Å². The molecule has 0 aliphatic carbocycles. The van der Waals surface area contributed by atoms with E-state index >= 15 is 4.39 Å². The molecule has 12 heteroatoms. The third-order valence-electron chi connectivity index (χ3n) is 11.1. The predicted molar refractivity (Wildman–Crippen MR) is 191 cm³/mol. The number of piperidine rings is 1. The monoisotopic (exact) mass is 770 g/mol. The van der Waals surface area contributed by atoms with Gasteiger partial charge < -0.3 is 20.0 Å². The first-order valence-electron chi connectivity index (χ1n) is 17.2. The molecule has 6 rings (SSSR count). The number of nitrogens with zero attached hydrogens (tertiary/aromatic N) is 3. The number of anilines is 1. The highest BCUT2D eigenvalue weighted by Gasteiger charge is 2.47. The molecular formula is C39H43BrF4N4O3. The Hall–Kier alpha value is -3.93. The van der Waals surface area contributed by atoms with Crippen molar-refractivity contribution in [3.05, 3.63) is 99.0 Å². The quantitative estimate of drug-likeness (QED) is 0.265. The zero-order chi connectivity index (χ0) is 37.1. The van der Waals surface area contributed by atoms with Gasteiger partial charge in [-0.25, -0.2) is 9.18 Å². The maximum Gasteiger partial charge on any atom is 0.416 e. The fraction of sp³-hybridized carbons (Fsp3) is 0.462. The number of rotatable bonds is 5. The lowest BCUT2D eigenvalue weighted by molar-refractivity contribution is -0.139. The summed E-state index contributed by atoms with van der Waals surface area (Å²) in [6.45, 7) is 6.97. The van der Waals surface area contributed by atoms with Crippen LogP contribution >= 0.6 is 15.9 Å². The van der Waals surface area contributed by atoms with E-state index in [2.05, 4.69) is 27.3 Å². The highest BCUT2D eigenvalue weighted by atomic mass is 79.9. The molecule has 1 spiro atoms. The van der Waals surface area contributed by atoms with Crippen LogP contribution in [0.3, 0.4) is 0 Å². The van der Waals surface area contributed by atoms with Gasteiger partial charge in [-0.15, -0.1) is 0 Å². The Kier molecular flexibility index (Phi) is 9.57. The first-order chi connectivity index (χ1) is 23.8. The van der Waals surface area contributed by atoms with Crippen LogP contribution in [-0.4, -0.2) is 71.8 Å². The zero-order valence-electron chi connectivity index (χ0n) is 29.4. The number of likely N-dealkylation sites (N-methyl/N-ethyl adjacent to an activating group) is 1. The van der Waals surface area contributed by atoms with E-state index in [1.165, 1.54) is 19.9 Å². The fourth-order valence-corrected chi connectivity index (χ4v) is 8.37. The summed E-state index contributed by atoms with van der Waals surface area (Å²) in [5.74, 6) is -0.739. The van der Waals surface area contributed by atoms with Gasteiger partial charge in [0.2, 0.25) is 11.8 Å². The molecule has 3 aliphatic heterocycles. The molecule has 3 aliphatic rings. The number of benzene rings is 3. The average Bonchev–Trinajstić information content (AvgIpc) is 3.53. The Morgan fingerprint density at radius 2 is 1.49 bits per heavy atom.